The molecule has 1 nitrogen and oxygen atoms in total. The van der Waals surface area contributed by atoms with Crippen LogP contribution in [0.2, 0.25) is 0 Å². The maximum Gasteiger partial charge on any atom is 0.213 e. The average Bonchev–Trinajstić information content (AvgIpc) is 2.79. The summed E-state index contributed by atoms with van der Waals surface area (Å²) in [5.41, 5.74) is 9.36. The Morgan fingerprint density at radius 2 is 1.41 bits per heavy atom. The van der Waals surface area contributed by atoms with Gasteiger partial charge in [-0.15, -0.1) is 0 Å². The Hall–Kier alpha value is -2.93. The molecule has 4 aromatic rings. The summed E-state index contributed by atoms with van der Waals surface area (Å²) >= 11 is 0. The number of aryl methyl sites for hydroxylation is 3. The third-order valence-corrected chi connectivity index (χ3v) is 8.11. The van der Waals surface area contributed by atoms with E-state index in [0.717, 1.165) is 17.8 Å². The second-order valence-corrected chi connectivity index (χ2v) is 10.4. The zero-order chi connectivity index (χ0) is 21.8. The van der Waals surface area contributed by atoms with E-state index in [0.29, 0.717) is 0 Å². The molecule has 1 heterocycles. The van der Waals surface area contributed by atoms with Gasteiger partial charge in [-0.25, -0.2) is 4.57 Å². The van der Waals surface area contributed by atoms with Crippen molar-refractivity contribution in [3.8, 4) is 22.4 Å². The van der Waals surface area contributed by atoms with E-state index in [9.17, 15) is 0 Å². The van der Waals surface area contributed by atoms with Crippen LogP contribution in [0.4, 0.5) is 0 Å². The van der Waals surface area contributed by atoms with Crippen molar-refractivity contribution in [3.05, 3.63) is 89.6 Å². The van der Waals surface area contributed by atoms with Crippen LogP contribution in [0.5, 0.6) is 0 Å². The number of pyridine rings is 1. The highest BCUT2D eigenvalue weighted by molar-refractivity contribution is 5.88. The summed E-state index contributed by atoms with van der Waals surface area (Å²) in [5.74, 6) is 2.79. The standard InChI is InChI=1S/C31H32N/c1-20-6-4-5-7-29(20)31-18-30(21(2)19-32(31)3)27-11-10-24-16-26(9-8-25(24)17-27)28-14-22-12-23(13-22)15-28/h4-11,16-19,22-23,28H,12-15H2,1-3H3/q+1. The highest BCUT2D eigenvalue weighted by Gasteiger charge is 2.38. The molecule has 0 radical (unpaired) electrons. The average molecular weight is 419 g/mol. The molecule has 0 spiro atoms. The van der Waals surface area contributed by atoms with Gasteiger partial charge in [0.1, 0.15) is 7.05 Å². The zero-order valence-corrected chi connectivity index (χ0v) is 19.4. The van der Waals surface area contributed by atoms with Gasteiger partial charge in [-0.2, -0.15) is 0 Å². The summed E-state index contributed by atoms with van der Waals surface area (Å²) in [5, 5.41) is 2.72. The highest BCUT2D eigenvalue weighted by atomic mass is 14.9. The van der Waals surface area contributed by atoms with Crippen LogP contribution < -0.4 is 4.57 Å². The number of rotatable bonds is 3. The SMILES string of the molecule is Cc1c[n+](C)c(-c2ccccc2C)cc1-c1ccc2cc(C3CC4CC(C4)C3)ccc2c1. The topological polar surface area (TPSA) is 3.88 Å². The van der Waals surface area contributed by atoms with Crippen molar-refractivity contribution in [2.75, 3.05) is 0 Å². The molecule has 3 saturated carbocycles. The monoisotopic (exact) mass is 418 g/mol. The predicted molar refractivity (Wildman–Crippen MR) is 134 cm³/mol. The molecule has 0 saturated heterocycles. The minimum atomic E-state index is 0.782. The van der Waals surface area contributed by atoms with Crippen molar-refractivity contribution >= 4 is 10.8 Å². The highest BCUT2D eigenvalue weighted by Crippen LogP contribution is 2.51. The molecule has 3 aliphatic carbocycles. The van der Waals surface area contributed by atoms with Crippen molar-refractivity contribution in [1.29, 1.82) is 0 Å². The van der Waals surface area contributed by atoms with E-state index < -0.39 is 0 Å². The zero-order valence-electron chi connectivity index (χ0n) is 19.4. The maximum atomic E-state index is 2.46. The fourth-order valence-corrected chi connectivity index (χ4v) is 6.34. The fourth-order valence-electron chi connectivity index (χ4n) is 6.34. The van der Waals surface area contributed by atoms with Crippen LogP contribution in [0.1, 0.15) is 48.3 Å². The van der Waals surface area contributed by atoms with Gasteiger partial charge in [0.2, 0.25) is 5.69 Å². The molecule has 3 aliphatic rings. The molecule has 0 N–H and O–H groups in total. The predicted octanol–water partition coefficient (Wildman–Crippen LogP) is 7.52. The van der Waals surface area contributed by atoms with Crippen molar-refractivity contribution in [1.82, 2.24) is 0 Å². The van der Waals surface area contributed by atoms with Crippen LogP contribution >= 0.6 is 0 Å². The van der Waals surface area contributed by atoms with E-state index in [1.54, 1.807) is 5.56 Å². The van der Waals surface area contributed by atoms with Gasteiger partial charge >= 0.3 is 0 Å². The third kappa shape index (κ3) is 3.35. The first kappa shape index (κ1) is 19.7. The van der Waals surface area contributed by atoms with E-state index in [2.05, 4.69) is 98.4 Å². The number of aromatic nitrogens is 1. The van der Waals surface area contributed by atoms with E-state index in [1.165, 1.54) is 70.0 Å². The number of benzene rings is 3. The van der Waals surface area contributed by atoms with Gasteiger partial charge in [-0.3, -0.25) is 0 Å². The summed E-state index contributed by atoms with van der Waals surface area (Å²) in [6.07, 6.45) is 8.06. The fraction of sp³-hybridized carbons (Fsp3) is 0.323. The molecule has 160 valence electrons. The summed E-state index contributed by atoms with van der Waals surface area (Å²) in [6.45, 7) is 4.41. The summed E-state index contributed by atoms with van der Waals surface area (Å²) in [6, 6.07) is 25.3. The largest absolute Gasteiger partial charge is 0.213 e. The van der Waals surface area contributed by atoms with E-state index in [1.807, 2.05) is 0 Å². The molecular weight excluding hydrogens is 386 g/mol. The molecule has 0 aliphatic heterocycles. The molecule has 7 rings (SSSR count). The third-order valence-electron chi connectivity index (χ3n) is 8.11. The number of nitrogens with zero attached hydrogens (tertiary/aromatic N) is 1. The van der Waals surface area contributed by atoms with Crippen LogP contribution in [-0.4, -0.2) is 0 Å². The molecule has 1 heteroatoms. The van der Waals surface area contributed by atoms with Gasteiger partial charge in [-0.1, -0.05) is 48.5 Å². The molecule has 0 atom stereocenters. The Kier molecular flexibility index (Phi) is 4.68. The molecule has 1 aromatic heterocycles. The molecule has 3 aromatic carbocycles. The normalized spacial score (nSPS) is 22.0. The minimum Gasteiger partial charge on any atom is -0.201 e. The number of fused-ring (bicyclic) bond motifs is 3. The second-order valence-electron chi connectivity index (χ2n) is 10.4. The lowest BCUT2D eigenvalue weighted by atomic mass is 9.60. The van der Waals surface area contributed by atoms with Gasteiger partial charge in [0.05, 0.1) is 0 Å². The van der Waals surface area contributed by atoms with Crippen LogP contribution in [0, 0.1) is 25.7 Å². The lowest BCUT2D eigenvalue weighted by Crippen LogP contribution is -2.32. The lowest BCUT2D eigenvalue weighted by Gasteiger charge is -2.45. The van der Waals surface area contributed by atoms with Crippen molar-refractivity contribution in [2.45, 2.75) is 45.4 Å². The minimum absolute atomic E-state index is 0.782. The summed E-state index contributed by atoms with van der Waals surface area (Å²) in [4.78, 5) is 0. The first-order valence-corrected chi connectivity index (χ1v) is 12.2. The van der Waals surface area contributed by atoms with E-state index in [-0.39, 0.29) is 0 Å². The quantitative estimate of drug-likeness (QED) is 0.303. The van der Waals surface area contributed by atoms with Crippen LogP contribution in [0.3, 0.4) is 0 Å². The van der Waals surface area contributed by atoms with Gasteiger partial charge in [0.15, 0.2) is 6.20 Å². The van der Waals surface area contributed by atoms with E-state index >= 15 is 0 Å². The molecule has 0 amide bonds. The lowest BCUT2D eigenvalue weighted by molar-refractivity contribution is -0.660. The number of hydrogen-bond acceptors (Lipinski definition) is 0. The van der Waals surface area contributed by atoms with Gasteiger partial charge in [-0.05, 0) is 102 Å². The Morgan fingerprint density at radius 1 is 0.688 bits per heavy atom. The molecule has 0 unspecified atom stereocenters. The van der Waals surface area contributed by atoms with Crippen LogP contribution in [-0.2, 0) is 7.05 Å². The molecule has 2 bridgehead atoms. The first-order valence-electron chi connectivity index (χ1n) is 12.2. The maximum absolute atomic E-state index is 2.46. The Balaban J connectivity index is 1.38. The van der Waals surface area contributed by atoms with Crippen LogP contribution in [0.15, 0.2) is 72.9 Å². The van der Waals surface area contributed by atoms with Gasteiger partial charge in [0, 0.05) is 17.2 Å². The van der Waals surface area contributed by atoms with E-state index in [4.69, 9.17) is 0 Å². The van der Waals surface area contributed by atoms with Gasteiger partial charge in [0.25, 0.3) is 0 Å². The Morgan fingerprint density at radius 3 is 2.19 bits per heavy atom. The Labute approximate surface area is 191 Å². The second kappa shape index (κ2) is 7.59. The molecule has 32 heavy (non-hydrogen) atoms. The molecule has 3 fully saturated rings. The van der Waals surface area contributed by atoms with Crippen molar-refractivity contribution < 1.29 is 4.57 Å². The molecular formula is C31H32N+. The van der Waals surface area contributed by atoms with Gasteiger partial charge < -0.3 is 0 Å². The summed E-state index contributed by atoms with van der Waals surface area (Å²) < 4.78 is 2.25. The summed E-state index contributed by atoms with van der Waals surface area (Å²) in [7, 11) is 2.15. The number of hydrogen-bond donors (Lipinski definition) is 0. The van der Waals surface area contributed by atoms with Crippen molar-refractivity contribution in [3.63, 3.8) is 0 Å². The van der Waals surface area contributed by atoms with Crippen LogP contribution in [0.25, 0.3) is 33.2 Å². The van der Waals surface area contributed by atoms with Crippen molar-refractivity contribution in [2.24, 2.45) is 18.9 Å². The first-order chi connectivity index (χ1) is 15.5. The smallest absolute Gasteiger partial charge is 0.201 e. The Bertz CT molecular complexity index is 1320.